The van der Waals surface area contributed by atoms with Crippen molar-refractivity contribution in [3.63, 3.8) is 0 Å². The summed E-state index contributed by atoms with van der Waals surface area (Å²) in [7, 11) is -16.7. The molecule has 0 radical (unpaired) electrons. The number of fused-ring (bicyclic) bond motifs is 1. The Labute approximate surface area is 171 Å². The number of nitrogens with zero attached hydrogens (tertiary/aromatic N) is 3. The Balaban J connectivity index is 1.69. The number of H-pyrrole nitrogens is 1. The van der Waals surface area contributed by atoms with Gasteiger partial charge in [-0.05, 0) is 0 Å². The van der Waals surface area contributed by atoms with Gasteiger partial charge in [-0.15, -0.1) is 0 Å². The molecule has 21 heteroatoms. The monoisotopic (exact) mass is 507 g/mol. The molecule has 1 saturated heterocycles. The first-order valence-corrected chi connectivity index (χ1v) is 12.5. The minimum absolute atomic E-state index is 0.0322. The molecular weight excluding hydrogens is 491 g/mol. The molecule has 1 aliphatic rings. The summed E-state index contributed by atoms with van der Waals surface area (Å²) in [6.45, 7) is -0.957. The van der Waals surface area contributed by atoms with Gasteiger partial charge in [0.1, 0.15) is 36.3 Å². The van der Waals surface area contributed by atoms with Gasteiger partial charge in [0.2, 0.25) is 0 Å². The molecule has 18 nitrogen and oxygen atoms in total. The molecule has 0 saturated carbocycles. The van der Waals surface area contributed by atoms with E-state index in [2.05, 4.69) is 33.3 Å². The number of nitrogen functional groups attached to an aromatic ring is 1. The van der Waals surface area contributed by atoms with E-state index in [1.807, 2.05) is 0 Å². The molecule has 0 aliphatic carbocycles. The molecule has 0 bridgehead atoms. The maximum Gasteiger partial charge on any atom is 0.490 e. The Hall–Kier alpha value is -1.36. The fraction of sp³-hybridized carbons (Fsp3) is 0.500. The lowest BCUT2D eigenvalue weighted by Gasteiger charge is -2.19. The number of phosphoric acid groups is 3. The van der Waals surface area contributed by atoms with Crippen molar-refractivity contribution in [3.05, 3.63) is 12.0 Å². The minimum Gasteiger partial charge on any atom is -0.387 e. The van der Waals surface area contributed by atoms with Gasteiger partial charge in [0.15, 0.2) is 11.3 Å². The molecule has 0 amide bonds. The number of phosphoric ester groups is 1. The first-order valence-electron chi connectivity index (χ1n) is 7.93. The molecule has 9 N–H and O–H groups in total. The van der Waals surface area contributed by atoms with Crippen LogP contribution in [0.25, 0.3) is 11.0 Å². The lowest BCUT2D eigenvalue weighted by atomic mass is 10.1. The number of nitrogens with two attached hydrogens (primary N) is 1. The molecule has 3 rings (SSSR count). The van der Waals surface area contributed by atoms with Gasteiger partial charge >= 0.3 is 23.5 Å². The average Bonchev–Trinajstić information content (AvgIpc) is 3.13. The van der Waals surface area contributed by atoms with Crippen LogP contribution in [-0.4, -0.2) is 74.9 Å². The van der Waals surface area contributed by atoms with Gasteiger partial charge < -0.3 is 40.3 Å². The summed E-state index contributed by atoms with van der Waals surface area (Å²) < 4.78 is 50.7. The Bertz CT molecular complexity index is 1100. The lowest BCUT2D eigenvalue weighted by Crippen LogP contribution is -2.33. The molecule has 174 valence electrons. The van der Waals surface area contributed by atoms with Crippen molar-refractivity contribution in [2.45, 2.75) is 24.4 Å². The maximum atomic E-state index is 11.8. The predicted octanol–water partition coefficient (Wildman–Crippen LogP) is -1.56. The number of rotatable bonds is 8. The highest BCUT2D eigenvalue weighted by molar-refractivity contribution is 7.66. The summed E-state index contributed by atoms with van der Waals surface area (Å²) in [5.41, 5.74) is 6.11. The van der Waals surface area contributed by atoms with Crippen molar-refractivity contribution >= 4 is 40.3 Å². The number of hydrogen-bond donors (Lipinski definition) is 8. The molecule has 31 heavy (non-hydrogen) atoms. The topological polar surface area (TPSA) is 290 Å². The largest absolute Gasteiger partial charge is 0.490 e. The Morgan fingerprint density at radius 1 is 1.03 bits per heavy atom. The molecule has 3 heterocycles. The molecule has 1 aliphatic heterocycles. The van der Waals surface area contributed by atoms with Gasteiger partial charge in [0.25, 0.3) is 0 Å². The van der Waals surface area contributed by atoms with Crippen LogP contribution in [0.3, 0.4) is 0 Å². The van der Waals surface area contributed by atoms with Crippen LogP contribution in [0, 0.1) is 0 Å². The van der Waals surface area contributed by atoms with Gasteiger partial charge in [-0.2, -0.15) is 13.7 Å². The van der Waals surface area contributed by atoms with Crippen molar-refractivity contribution in [3.8, 4) is 0 Å². The fourth-order valence-electron chi connectivity index (χ4n) is 2.66. The first-order chi connectivity index (χ1) is 14.2. The quantitative estimate of drug-likeness (QED) is 0.187. The number of aromatic nitrogens is 4. The summed E-state index contributed by atoms with van der Waals surface area (Å²) in [5, 5.41) is 26.8. The molecule has 0 spiro atoms. The van der Waals surface area contributed by atoms with Crippen molar-refractivity contribution in [1.29, 1.82) is 0 Å². The maximum absolute atomic E-state index is 11.8. The van der Waals surface area contributed by atoms with E-state index >= 15 is 0 Å². The van der Waals surface area contributed by atoms with Crippen molar-refractivity contribution in [1.82, 2.24) is 20.2 Å². The highest BCUT2D eigenvalue weighted by Gasteiger charge is 2.47. The number of aliphatic hydroxyl groups excluding tert-OH is 2. The lowest BCUT2D eigenvalue weighted by molar-refractivity contribution is -0.0230. The number of anilines is 1. The van der Waals surface area contributed by atoms with Crippen LogP contribution in [0.2, 0.25) is 0 Å². The molecule has 3 unspecified atom stereocenters. The Kier molecular flexibility index (Phi) is 6.68. The third kappa shape index (κ3) is 5.71. The van der Waals surface area contributed by atoms with Crippen molar-refractivity contribution in [2.75, 3.05) is 12.3 Å². The number of hydrogen-bond acceptors (Lipinski definition) is 13. The van der Waals surface area contributed by atoms with E-state index in [1.54, 1.807) is 0 Å². The summed E-state index contributed by atoms with van der Waals surface area (Å²) in [6, 6.07) is 0. The van der Waals surface area contributed by atoms with E-state index in [-0.39, 0.29) is 22.5 Å². The van der Waals surface area contributed by atoms with Gasteiger partial charge in [-0.25, -0.2) is 23.7 Å². The second kappa shape index (κ2) is 8.53. The molecule has 6 atom stereocenters. The highest BCUT2D eigenvalue weighted by atomic mass is 31.3. The number of ether oxygens (including phenoxy) is 1. The zero-order chi connectivity index (χ0) is 23.2. The van der Waals surface area contributed by atoms with Gasteiger partial charge in [-0.1, -0.05) is 0 Å². The first kappa shape index (κ1) is 24.3. The zero-order valence-corrected chi connectivity index (χ0v) is 17.6. The number of aromatic amines is 1. The van der Waals surface area contributed by atoms with Crippen LogP contribution in [0.4, 0.5) is 5.82 Å². The van der Waals surface area contributed by atoms with Crippen LogP contribution in [0.1, 0.15) is 11.8 Å². The summed E-state index contributed by atoms with van der Waals surface area (Å²) in [5.74, 6) is 0.0322. The average molecular weight is 507 g/mol. The molecule has 0 aromatic carbocycles. The van der Waals surface area contributed by atoms with E-state index in [0.29, 0.717) is 0 Å². The molecule has 2 aromatic rings. The standard InChI is InChI=1S/C10H16N5O13P3/c11-10-6-4(12-2-13-10)5(14-15-6)9-8(17)7(16)3(26-9)1-25-30(21,22)28-31(23,24)27-29(18,19)20/h2-3,7-9,16-17H,1H2,(H,14,15)(H,21,22)(H,23,24)(H2,11,12,13)(H2,18,19,20)/t3-,7-,8-,9?/m1/s1. The van der Waals surface area contributed by atoms with Gasteiger partial charge in [0.05, 0.1) is 12.3 Å². The highest BCUT2D eigenvalue weighted by Crippen LogP contribution is 2.66. The van der Waals surface area contributed by atoms with Crippen molar-refractivity contribution in [2.24, 2.45) is 0 Å². The number of nitrogens with one attached hydrogen (secondary N) is 1. The van der Waals surface area contributed by atoms with E-state index in [1.165, 1.54) is 0 Å². The third-order valence-electron chi connectivity index (χ3n) is 3.86. The van der Waals surface area contributed by atoms with Crippen molar-refractivity contribution < 1.29 is 61.4 Å². The van der Waals surface area contributed by atoms with E-state index < -0.39 is 54.5 Å². The predicted molar refractivity (Wildman–Crippen MR) is 95.5 cm³/mol. The van der Waals surface area contributed by atoms with E-state index in [9.17, 15) is 28.8 Å². The fourth-order valence-corrected chi connectivity index (χ4v) is 5.69. The van der Waals surface area contributed by atoms with Crippen LogP contribution in [0.5, 0.6) is 0 Å². The Morgan fingerprint density at radius 3 is 2.35 bits per heavy atom. The molecule has 1 fully saturated rings. The second-order valence-electron chi connectivity index (χ2n) is 6.06. The third-order valence-corrected chi connectivity index (χ3v) is 7.66. The summed E-state index contributed by atoms with van der Waals surface area (Å²) in [6.07, 6.45) is -4.85. The molecular formula is C10H16N5O13P3. The number of aliphatic hydroxyl groups is 2. The van der Waals surface area contributed by atoms with Gasteiger partial charge in [-0.3, -0.25) is 9.62 Å². The second-order valence-corrected chi connectivity index (χ2v) is 10.5. The van der Waals surface area contributed by atoms with Crippen LogP contribution in [0.15, 0.2) is 6.33 Å². The normalized spacial score (nSPS) is 28.5. The minimum atomic E-state index is -5.70. The smallest absolute Gasteiger partial charge is 0.387 e. The van der Waals surface area contributed by atoms with Crippen LogP contribution in [-0.2, 0) is 31.6 Å². The summed E-state index contributed by atoms with van der Waals surface area (Å²) >= 11 is 0. The Morgan fingerprint density at radius 2 is 1.71 bits per heavy atom. The zero-order valence-electron chi connectivity index (χ0n) is 14.9. The van der Waals surface area contributed by atoms with E-state index in [0.717, 1.165) is 6.33 Å². The SMILES string of the molecule is Nc1ncnc2c(C3O[C@H](COP(=O)(O)OP(=O)(O)OP(=O)(O)O)[C@@H](O)[C@H]3O)[nH]nc12. The van der Waals surface area contributed by atoms with Crippen LogP contribution < -0.4 is 5.73 Å². The summed E-state index contributed by atoms with van der Waals surface area (Å²) in [4.78, 5) is 43.3. The molecule has 2 aromatic heterocycles. The van der Waals surface area contributed by atoms with E-state index in [4.69, 9.17) is 25.2 Å². The van der Waals surface area contributed by atoms with Crippen LogP contribution >= 0.6 is 23.5 Å². The van der Waals surface area contributed by atoms with Gasteiger partial charge in [0, 0.05) is 0 Å².